The lowest BCUT2D eigenvalue weighted by atomic mass is 10.5. The normalized spacial score (nSPS) is 28.3. The van der Waals surface area contributed by atoms with Gasteiger partial charge >= 0.3 is 0 Å². The fourth-order valence-electron chi connectivity index (χ4n) is 0.404. The molecule has 0 amide bonds. The summed E-state index contributed by atoms with van der Waals surface area (Å²) in [5, 5.41) is -0.00694. The quantitative estimate of drug-likeness (QED) is 0.376. The first-order valence-corrected chi connectivity index (χ1v) is 2.92. The van der Waals surface area contributed by atoms with E-state index < -0.39 is 0 Å². The number of alkyl halides is 1. The number of aliphatic imine (C=N–C) groups is 2. The highest BCUT2D eigenvalue weighted by atomic mass is 79.9. The van der Waals surface area contributed by atoms with E-state index >= 15 is 0 Å². The van der Waals surface area contributed by atoms with Crippen molar-refractivity contribution in [2.75, 3.05) is 0 Å². The number of halogens is 1. The molecule has 1 aliphatic rings. The van der Waals surface area contributed by atoms with Crippen molar-refractivity contribution in [2.45, 2.75) is 12.0 Å². The minimum absolute atomic E-state index is 0.00694. The highest BCUT2D eigenvalue weighted by molar-refractivity contribution is 9.09. The van der Waals surface area contributed by atoms with Gasteiger partial charge in [-0.2, -0.15) is 0 Å². The first-order chi connectivity index (χ1) is 3.29. The van der Waals surface area contributed by atoms with Crippen LogP contribution in [0.15, 0.2) is 9.98 Å². The number of rotatable bonds is 0. The molecule has 0 bridgehead atoms. The van der Waals surface area contributed by atoms with Gasteiger partial charge in [-0.1, -0.05) is 0 Å². The summed E-state index contributed by atoms with van der Waals surface area (Å²) in [6.07, 6.45) is 1.75. The van der Waals surface area contributed by atoms with Gasteiger partial charge in [0.25, 0.3) is 0 Å². The van der Waals surface area contributed by atoms with Crippen molar-refractivity contribution in [2.24, 2.45) is 9.98 Å². The molecule has 0 aromatic rings. The summed E-state index contributed by atoms with van der Waals surface area (Å²) >= 11 is 3.19. The Morgan fingerprint density at radius 1 is 1.86 bits per heavy atom. The largest absolute Gasteiger partial charge is 0.254 e. The highest BCUT2D eigenvalue weighted by Crippen LogP contribution is 2.06. The third-order valence-electron chi connectivity index (χ3n) is 0.695. The molecule has 0 N–H and O–H groups in total. The van der Waals surface area contributed by atoms with Crippen LogP contribution in [0.3, 0.4) is 0 Å². The standard InChI is InChI=1S/C4H5BrN2/c1-3-2-6-4(5)7-3/h2,4H,1H3. The third-order valence-corrected chi connectivity index (χ3v) is 1.14. The average Bonchev–Trinajstić information content (AvgIpc) is 1.87. The smallest absolute Gasteiger partial charge is 0.195 e. The van der Waals surface area contributed by atoms with Crippen LogP contribution in [0, 0.1) is 0 Å². The molecule has 1 unspecified atom stereocenters. The molecule has 0 saturated heterocycles. The van der Waals surface area contributed by atoms with Crippen LogP contribution in [-0.2, 0) is 0 Å². The van der Waals surface area contributed by atoms with Gasteiger partial charge in [0.1, 0.15) is 0 Å². The molecular formula is C4H5BrN2. The Hall–Kier alpha value is -0.180. The Morgan fingerprint density at radius 3 is 2.71 bits per heavy atom. The first kappa shape index (κ1) is 4.97. The van der Waals surface area contributed by atoms with Gasteiger partial charge in [-0.3, -0.25) is 9.98 Å². The van der Waals surface area contributed by atoms with Gasteiger partial charge in [0.2, 0.25) is 0 Å². The molecule has 2 nitrogen and oxygen atoms in total. The fourth-order valence-corrected chi connectivity index (χ4v) is 0.845. The summed E-state index contributed by atoms with van der Waals surface area (Å²) in [6.45, 7) is 1.92. The summed E-state index contributed by atoms with van der Waals surface area (Å²) in [6, 6.07) is 0. The lowest BCUT2D eigenvalue weighted by Crippen LogP contribution is -1.83. The van der Waals surface area contributed by atoms with Gasteiger partial charge in [0, 0.05) is 6.21 Å². The molecule has 38 valence electrons. The van der Waals surface area contributed by atoms with Crippen molar-refractivity contribution in [3.05, 3.63) is 0 Å². The molecule has 0 aliphatic carbocycles. The van der Waals surface area contributed by atoms with Crippen LogP contribution >= 0.6 is 15.9 Å². The van der Waals surface area contributed by atoms with Gasteiger partial charge < -0.3 is 0 Å². The fraction of sp³-hybridized carbons (Fsp3) is 0.500. The Kier molecular flexibility index (Phi) is 1.23. The average molecular weight is 161 g/mol. The first-order valence-electron chi connectivity index (χ1n) is 2.01. The van der Waals surface area contributed by atoms with Crippen molar-refractivity contribution in [1.29, 1.82) is 0 Å². The van der Waals surface area contributed by atoms with E-state index in [0.29, 0.717) is 0 Å². The monoisotopic (exact) mass is 160 g/mol. The Morgan fingerprint density at radius 2 is 2.57 bits per heavy atom. The van der Waals surface area contributed by atoms with Gasteiger partial charge in [-0.15, -0.1) is 0 Å². The van der Waals surface area contributed by atoms with E-state index in [1.54, 1.807) is 6.21 Å². The zero-order valence-corrected chi connectivity index (χ0v) is 5.51. The molecular weight excluding hydrogens is 156 g/mol. The molecule has 0 aromatic heterocycles. The Bertz CT molecular complexity index is 128. The molecule has 0 saturated carbocycles. The van der Waals surface area contributed by atoms with E-state index in [-0.39, 0.29) is 5.08 Å². The van der Waals surface area contributed by atoms with Crippen LogP contribution in [0.2, 0.25) is 0 Å². The van der Waals surface area contributed by atoms with Gasteiger partial charge in [-0.05, 0) is 22.9 Å². The van der Waals surface area contributed by atoms with Crippen LogP contribution in [0.4, 0.5) is 0 Å². The van der Waals surface area contributed by atoms with Crippen molar-refractivity contribution in [3.8, 4) is 0 Å². The van der Waals surface area contributed by atoms with E-state index in [0.717, 1.165) is 5.71 Å². The van der Waals surface area contributed by atoms with E-state index in [9.17, 15) is 0 Å². The second kappa shape index (κ2) is 1.74. The predicted octanol–water partition coefficient (Wildman–Crippen LogP) is 1.21. The minimum atomic E-state index is -0.00694. The van der Waals surface area contributed by atoms with Gasteiger partial charge in [0.05, 0.1) is 5.71 Å². The SMILES string of the molecule is CC1=NC(Br)N=C1. The van der Waals surface area contributed by atoms with Gasteiger partial charge in [0.15, 0.2) is 5.08 Å². The molecule has 0 aromatic carbocycles. The van der Waals surface area contributed by atoms with Crippen LogP contribution in [-0.4, -0.2) is 17.0 Å². The number of hydrogen-bond acceptors (Lipinski definition) is 2. The summed E-state index contributed by atoms with van der Waals surface area (Å²) in [7, 11) is 0. The Balaban J connectivity index is 2.69. The maximum absolute atomic E-state index is 4.00. The van der Waals surface area contributed by atoms with E-state index in [1.807, 2.05) is 6.92 Å². The van der Waals surface area contributed by atoms with E-state index in [2.05, 4.69) is 25.9 Å². The van der Waals surface area contributed by atoms with Crippen LogP contribution in [0.5, 0.6) is 0 Å². The number of hydrogen-bond donors (Lipinski definition) is 0. The second-order valence-corrected chi connectivity index (χ2v) is 2.18. The molecule has 1 aliphatic heterocycles. The topological polar surface area (TPSA) is 24.7 Å². The molecule has 0 radical (unpaired) electrons. The highest BCUT2D eigenvalue weighted by Gasteiger charge is 2.01. The summed E-state index contributed by atoms with van der Waals surface area (Å²) in [5.74, 6) is 0. The third kappa shape index (κ3) is 1.09. The summed E-state index contributed by atoms with van der Waals surface area (Å²) < 4.78 is 0. The zero-order chi connectivity index (χ0) is 5.28. The summed E-state index contributed by atoms with van der Waals surface area (Å²) in [5.41, 5.74) is 0.988. The Labute approximate surface area is 50.5 Å². The van der Waals surface area contributed by atoms with Gasteiger partial charge in [-0.25, -0.2) is 0 Å². The minimum Gasteiger partial charge on any atom is -0.254 e. The van der Waals surface area contributed by atoms with E-state index in [1.165, 1.54) is 0 Å². The number of nitrogens with zero attached hydrogens (tertiary/aromatic N) is 2. The molecule has 0 fully saturated rings. The van der Waals surface area contributed by atoms with Crippen LogP contribution < -0.4 is 0 Å². The maximum atomic E-state index is 4.00. The van der Waals surface area contributed by atoms with Crippen molar-refractivity contribution in [3.63, 3.8) is 0 Å². The molecule has 0 spiro atoms. The zero-order valence-electron chi connectivity index (χ0n) is 3.93. The molecule has 1 atom stereocenters. The summed E-state index contributed by atoms with van der Waals surface area (Å²) in [4.78, 5) is 7.91. The molecule has 3 heteroatoms. The van der Waals surface area contributed by atoms with E-state index in [4.69, 9.17) is 0 Å². The van der Waals surface area contributed by atoms with Crippen molar-refractivity contribution >= 4 is 27.9 Å². The molecule has 1 rings (SSSR count). The lowest BCUT2D eigenvalue weighted by molar-refractivity contribution is 1.04. The predicted molar refractivity (Wildman–Crippen MR) is 34.3 cm³/mol. The lowest BCUT2D eigenvalue weighted by Gasteiger charge is -1.83. The van der Waals surface area contributed by atoms with Crippen molar-refractivity contribution in [1.82, 2.24) is 0 Å². The second-order valence-electron chi connectivity index (χ2n) is 1.36. The van der Waals surface area contributed by atoms with Crippen LogP contribution in [0.1, 0.15) is 6.92 Å². The maximum Gasteiger partial charge on any atom is 0.195 e. The van der Waals surface area contributed by atoms with Crippen molar-refractivity contribution < 1.29 is 0 Å². The molecule has 1 heterocycles. The van der Waals surface area contributed by atoms with Crippen LogP contribution in [0.25, 0.3) is 0 Å². The molecule has 7 heavy (non-hydrogen) atoms.